The fourth-order valence-corrected chi connectivity index (χ4v) is 4.13. The van der Waals surface area contributed by atoms with Gasteiger partial charge in [-0.25, -0.2) is 0 Å². The van der Waals surface area contributed by atoms with Gasteiger partial charge in [-0.2, -0.15) is 0 Å². The average molecular weight is 374 g/mol. The van der Waals surface area contributed by atoms with E-state index < -0.39 is 0 Å². The summed E-state index contributed by atoms with van der Waals surface area (Å²) in [4.78, 5) is 19.6. The Balaban J connectivity index is 1.47. The van der Waals surface area contributed by atoms with Crippen molar-refractivity contribution < 1.29 is 9.53 Å². The number of carbonyl (C=O) groups is 1. The summed E-state index contributed by atoms with van der Waals surface area (Å²) in [5.74, 6) is -0.0594. The van der Waals surface area contributed by atoms with Crippen LogP contribution in [0.1, 0.15) is 34.5 Å². The van der Waals surface area contributed by atoms with Gasteiger partial charge in [0.25, 0.3) is 5.91 Å². The molecule has 2 aliphatic rings. The molecule has 26 heavy (non-hydrogen) atoms. The molecular weight excluding hydrogens is 350 g/mol. The number of carbonyl (C=O) groups excluding carboxylic acids is 1. The van der Waals surface area contributed by atoms with Crippen LogP contribution in [0, 0.1) is 0 Å². The minimum absolute atomic E-state index is 0.0594. The second kappa shape index (κ2) is 7.91. The van der Waals surface area contributed by atoms with E-state index in [-0.39, 0.29) is 5.91 Å². The van der Waals surface area contributed by atoms with E-state index in [0.29, 0.717) is 12.1 Å². The first-order chi connectivity index (χ1) is 12.7. The highest BCUT2D eigenvalue weighted by atomic mass is 35.5. The van der Waals surface area contributed by atoms with Gasteiger partial charge in [-0.05, 0) is 43.4 Å². The Morgan fingerprint density at radius 1 is 1.23 bits per heavy atom. The van der Waals surface area contributed by atoms with Crippen LogP contribution in [-0.2, 0) is 17.6 Å². The Morgan fingerprint density at radius 3 is 2.88 bits per heavy atom. The maximum Gasteiger partial charge on any atom is 0.251 e. The molecule has 0 saturated carbocycles. The van der Waals surface area contributed by atoms with Gasteiger partial charge < -0.3 is 10.1 Å². The van der Waals surface area contributed by atoms with E-state index in [1.54, 1.807) is 0 Å². The Hall–Kier alpha value is -1.69. The highest BCUT2D eigenvalue weighted by Gasteiger charge is 2.18. The van der Waals surface area contributed by atoms with Crippen LogP contribution in [0.2, 0.25) is 5.02 Å². The molecule has 1 saturated heterocycles. The predicted octanol–water partition coefficient (Wildman–Crippen LogP) is 2.83. The van der Waals surface area contributed by atoms with E-state index in [4.69, 9.17) is 21.3 Å². The molecule has 2 heterocycles. The van der Waals surface area contributed by atoms with Gasteiger partial charge in [0.2, 0.25) is 0 Å². The Labute approximate surface area is 158 Å². The van der Waals surface area contributed by atoms with Crippen LogP contribution in [0.5, 0.6) is 0 Å². The van der Waals surface area contributed by atoms with Crippen LogP contribution >= 0.6 is 11.6 Å². The number of ether oxygens (including phenoxy) is 1. The van der Waals surface area contributed by atoms with Crippen molar-refractivity contribution in [3.05, 3.63) is 40.0 Å². The molecule has 1 N–H and O–H groups in total. The number of hydrogen-bond acceptors (Lipinski definition) is 4. The van der Waals surface area contributed by atoms with Gasteiger partial charge in [0.1, 0.15) is 0 Å². The van der Waals surface area contributed by atoms with Crippen LogP contribution < -0.4 is 5.32 Å². The van der Waals surface area contributed by atoms with Crippen LogP contribution in [0.15, 0.2) is 18.2 Å². The summed E-state index contributed by atoms with van der Waals surface area (Å²) in [7, 11) is 0. The summed E-state index contributed by atoms with van der Waals surface area (Å²) in [6.07, 6.45) is 4.30. The van der Waals surface area contributed by atoms with E-state index >= 15 is 0 Å². The minimum atomic E-state index is -0.0594. The molecule has 1 aromatic heterocycles. The zero-order chi connectivity index (χ0) is 17.9. The molecule has 1 amide bonds. The summed E-state index contributed by atoms with van der Waals surface area (Å²) in [6.45, 7) is 4.89. The van der Waals surface area contributed by atoms with Gasteiger partial charge in [0.15, 0.2) is 0 Å². The molecule has 0 bridgehead atoms. The lowest BCUT2D eigenvalue weighted by atomic mass is 9.94. The van der Waals surface area contributed by atoms with E-state index in [2.05, 4.69) is 10.2 Å². The second-order valence-corrected chi connectivity index (χ2v) is 7.38. The molecule has 1 aromatic carbocycles. The number of fused-ring (bicyclic) bond motifs is 2. The summed E-state index contributed by atoms with van der Waals surface area (Å²) in [6, 6.07) is 5.63. The zero-order valence-electron chi connectivity index (χ0n) is 14.9. The number of aromatic nitrogens is 1. The van der Waals surface area contributed by atoms with Crippen molar-refractivity contribution in [3.63, 3.8) is 0 Å². The number of nitrogens with zero attached hydrogens (tertiary/aromatic N) is 2. The molecule has 0 radical (unpaired) electrons. The normalized spacial score (nSPS) is 17.9. The third-order valence-corrected chi connectivity index (χ3v) is 5.70. The van der Waals surface area contributed by atoms with Gasteiger partial charge in [0.05, 0.1) is 23.8 Å². The van der Waals surface area contributed by atoms with Crippen molar-refractivity contribution in [2.45, 2.75) is 25.7 Å². The maximum atomic E-state index is 12.5. The van der Waals surface area contributed by atoms with Gasteiger partial charge >= 0.3 is 0 Å². The minimum Gasteiger partial charge on any atom is -0.379 e. The third kappa shape index (κ3) is 3.70. The van der Waals surface area contributed by atoms with Crippen LogP contribution in [0.3, 0.4) is 0 Å². The standard InChI is InChI=1S/C20H24ClN3O2/c21-19-15-3-1-2-4-17(15)23-18-13-14(5-6-16(18)19)20(25)22-7-8-24-9-11-26-12-10-24/h5-6,13H,1-4,7-12H2,(H,22,25). The second-order valence-electron chi connectivity index (χ2n) is 7.00. The highest BCUT2D eigenvalue weighted by molar-refractivity contribution is 6.36. The number of morpholine rings is 1. The number of amides is 1. The first-order valence-electron chi connectivity index (χ1n) is 9.42. The molecular formula is C20H24ClN3O2. The van der Waals surface area contributed by atoms with Crippen molar-refractivity contribution in [2.75, 3.05) is 39.4 Å². The molecule has 0 unspecified atom stereocenters. The summed E-state index contributed by atoms with van der Waals surface area (Å²) >= 11 is 6.60. The highest BCUT2D eigenvalue weighted by Crippen LogP contribution is 2.33. The molecule has 6 heteroatoms. The summed E-state index contributed by atoms with van der Waals surface area (Å²) in [5.41, 5.74) is 3.74. The van der Waals surface area contributed by atoms with Crippen LogP contribution in [0.4, 0.5) is 0 Å². The van der Waals surface area contributed by atoms with Gasteiger partial charge in [-0.1, -0.05) is 17.7 Å². The topological polar surface area (TPSA) is 54.5 Å². The Kier molecular flexibility index (Phi) is 5.38. The molecule has 1 aliphatic carbocycles. The van der Waals surface area contributed by atoms with Crippen molar-refractivity contribution in [1.29, 1.82) is 0 Å². The quantitative estimate of drug-likeness (QED) is 0.895. The molecule has 5 nitrogen and oxygen atoms in total. The zero-order valence-corrected chi connectivity index (χ0v) is 15.6. The largest absolute Gasteiger partial charge is 0.379 e. The number of halogens is 1. The number of nitrogens with one attached hydrogen (secondary N) is 1. The van der Waals surface area contributed by atoms with Crippen LogP contribution in [-0.4, -0.2) is 55.2 Å². The summed E-state index contributed by atoms with van der Waals surface area (Å²) < 4.78 is 5.34. The SMILES string of the molecule is O=C(NCCN1CCOCC1)c1ccc2c(Cl)c3c(nc2c1)CCCC3. The lowest BCUT2D eigenvalue weighted by Gasteiger charge is -2.26. The molecule has 138 valence electrons. The maximum absolute atomic E-state index is 12.5. The smallest absolute Gasteiger partial charge is 0.251 e. The molecule has 0 atom stereocenters. The number of hydrogen-bond donors (Lipinski definition) is 1. The molecule has 2 aromatic rings. The van der Waals surface area contributed by atoms with Crippen LogP contribution in [0.25, 0.3) is 10.9 Å². The van der Waals surface area contributed by atoms with Crippen molar-refractivity contribution in [2.24, 2.45) is 0 Å². The molecule has 4 rings (SSSR count). The summed E-state index contributed by atoms with van der Waals surface area (Å²) in [5, 5.41) is 4.76. The lowest BCUT2D eigenvalue weighted by molar-refractivity contribution is 0.0383. The van der Waals surface area contributed by atoms with Crippen molar-refractivity contribution in [3.8, 4) is 0 Å². The Bertz CT molecular complexity index is 818. The van der Waals surface area contributed by atoms with E-state index in [1.807, 2.05) is 18.2 Å². The first-order valence-corrected chi connectivity index (χ1v) is 9.79. The average Bonchev–Trinajstić information content (AvgIpc) is 2.68. The fraction of sp³-hybridized carbons (Fsp3) is 0.500. The monoisotopic (exact) mass is 373 g/mol. The van der Waals surface area contributed by atoms with Gasteiger partial charge in [-0.15, -0.1) is 0 Å². The van der Waals surface area contributed by atoms with Gasteiger partial charge in [-0.3, -0.25) is 14.7 Å². The number of rotatable bonds is 4. The molecule has 1 aliphatic heterocycles. The number of benzene rings is 1. The first kappa shape index (κ1) is 17.7. The number of aryl methyl sites for hydroxylation is 1. The lowest BCUT2D eigenvalue weighted by Crippen LogP contribution is -2.41. The van der Waals surface area contributed by atoms with E-state index in [0.717, 1.165) is 73.7 Å². The van der Waals surface area contributed by atoms with E-state index in [9.17, 15) is 4.79 Å². The van der Waals surface area contributed by atoms with E-state index in [1.165, 1.54) is 12.0 Å². The molecule has 0 spiro atoms. The third-order valence-electron chi connectivity index (χ3n) is 5.27. The Morgan fingerprint density at radius 2 is 2.04 bits per heavy atom. The van der Waals surface area contributed by atoms with Crippen molar-refractivity contribution in [1.82, 2.24) is 15.2 Å². The number of pyridine rings is 1. The van der Waals surface area contributed by atoms with Crippen molar-refractivity contribution >= 4 is 28.4 Å². The van der Waals surface area contributed by atoms with Gasteiger partial charge in [0, 0.05) is 42.8 Å². The molecule has 1 fully saturated rings. The fourth-order valence-electron chi connectivity index (χ4n) is 3.76. The predicted molar refractivity (Wildman–Crippen MR) is 103 cm³/mol.